The Morgan fingerprint density at radius 3 is 2.82 bits per heavy atom. The van der Waals surface area contributed by atoms with Gasteiger partial charge in [0.1, 0.15) is 18.0 Å². The zero-order valence-electron chi connectivity index (χ0n) is 15.4. The number of hydrogen-bond acceptors (Lipinski definition) is 6. The molecule has 3 aromatic heterocycles. The molecule has 0 spiro atoms. The highest BCUT2D eigenvalue weighted by Gasteiger charge is 2.22. The number of imidazole rings is 1. The van der Waals surface area contributed by atoms with Crippen LogP contribution in [0.3, 0.4) is 0 Å². The molecule has 2 amide bonds. The van der Waals surface area contributed by atoms with Gasteiger partial charge in [0.15, 0.2) is 0 Å². The van der Waals surface area contributed by atoms with Gasteiger partial charge in [-0.05, 0) is 42.7 Å². The van der Waals surface area contributed by atoms with Gasteiger partial charge in [0.05, 0.1) is 0 Å². The predicted molar refractivity (Wildman–Crippen MR) is 104 cm³/mol. The number of urea groups is 1. The quantitative estimate of drug-likeness (QED) is 0.703. The van der Waals surface area contributed by atoms with Crippen molar-refractivity contribution in [2.75, 3.05) is 18.4 Å². The molecule has 0 saturated carbocycles. The summed E-state index contributed by atoms with van der Waals surface area (Å²) < 4.78 is 1.83. The van der Waals surface area contributed by atoms with Crippen molar-refractivity contribution in [2.45, 2.75) is 25.4 Å². The number of rotatable bonds is 5. The SMILES string of the molecule is O=C(NCc1ccnc(-n2ccnc2)c1)N1CCC(Nc2cccnn2)CC1. The highest BCUT2D eigenvalue weighted by atomic mass is 16.2. The molecule has 28 heavy (non-hydrogen) atoms. The molecule has 144 valence electrons. The maximum absolute atomic E-state index is 12.5. The van der Waals surface area contributed by atoms with Crippen LogP contribution >= 0.6 is 0 Å². The Morgan fingerprint density at radius 1 is 1.18 bits per heavy atom. The second-order valence-electron chi connectivity index (χ2n) is 6.67. The molecule has 1 saturated heterocycles. The molecule has 0 atom stereocenters. The third kappa shape index (κ3) is 4.43. The molecule has 4 heterocycles. The molecule has 0 aromatic carbocycles. The lowest BCUT2D eigenvalue weighted by Crippen LogP contribution is -2.46. The van der Waals surface area contributed by atoms with Crippen LogP contribution in [-0.4, -0.2) is 54.8 Å². The second kappa shape index (κ2) is 8.47. The van der Waals surface area contributed by atoms with Crippen molar-refractivity contribution in [2.24, 2.45) is 0 Å². The molecule has 0 bridgehead atoms. The summed E-state index contributed by atoms with van der Waals surface area (Å²) in [6.45, 7) is 1.88. The van der Waals surface area contributed by atoms with Gasteiger partial charge in [0, 0.05) is 50.5 Å². The number of nitrogens with zero attached hydrogens (tertiary/aromatic N) is 6. The number of anilines is 1. The van der Waals surface area contributed by atoms with Crippen molar-refractivity contribution in [3.8, 4) is 5.82 Å². The van der Waals surface area contributed by atoms with Crippen molar-refractivity contribution in [3.05, 3.63) is 60.9 Å². The number of nitrogens with one attached hydrogen (secondary N) is 2. The topological polar surface area (TPSA) is 101 Å². The standard InChI is InChI=1S/C19H22N8O/c28-19(22-13-15-3-7-21-18(12-15)27-11-8-20-14-27)26-9-4-16(5-10-26)24-17-2-1-6-23-25-17/h1-3,6-8,11-12,14,16H,4-5,9-10,13H2,(H,22,28)(H,24,25). The summed E-state index contributed by atoms with van der Waals surface area (Å²) in [5.41, 5.74) is 0.992. The lowest BCUT2D eigenvalue weighted by atomic mass is 10.1. The number of amides is 2. The van der Waals surface area contributed by atoms with Crippen LogP contribution in [0.25, 0.3) is 5.82 Å². The fraction of sp³-hybridized carbons (Fsp3) is 0.316. The fourth-order valence-corrected chi connectivity index (χ4v) is 3.21. The van der Waals surface area contributed by atoms with Crippen LogP contribution in [0.5, 0.6) is 0 Å². The average Bonchev–Trinajstić information content (AvgIpc) is 3.29. The Bertz CT molecular complexity index is 891. The molecule has 0 unspecified atom stereocenters. The van der Waals surface area contributed by atoms with Crippen LogP contribution in [-0.2, 0) is 6.54 Å². The first-order valence-corrected chi connectivity index (χ1v) is 9.28. The molecule has 3 aromatic rings. The number of carbonyl (C=O) groups excluding carboxylic acids is 1. The van der Waals surface area contributed by atoms with Gasteiger partial charge in [0.2, 0.25) is 0 Å². The molecule has 1 aliphatic rings. The van der Waals surface area contributed by atoms with E-state index in [1.54, 1.807) is 24.9 Å². The molecule has 2 N–H and O–H groups in total. The third-order valence-electron chi connectivity index (χ3n) is 4.73. The Hall–Kier alpha value is -3.49. The number of piperidine rings is 1. The van der Waals surface area contributed by atoms with Gasteiger partial charge >= 0.3 is 6.03 Å². The van der Waals surface area contributed by atoms with Gasteiger partial charge in [-0.1, -0.05) is 0 Å². The van der Waals surface area contributed by atoms with E-state index in [-0.39, 0.29) is 6.03 Å². The summed E-state index contributed by atoms with van der Waals surface area (Å²) in [6, 6.07) is 7.86. The van der Waals surface area contributed by atoms with Crippen LogP contribution in [0.2, 0.25) is 0 Å². The van der Waals surface area contributed by atoms with E-state index in [4.69, 9.17) is 0 Å². The first-order chi connectivity index (χ1) is 13.8. The summed E-state index contributed by atoms with van der Waals surface area (Å²) in [5.74, 6) is 1.55. The van der Waals surface area contributed by atoms with Gasteiger partial charge in [0.25, 0.3) is 0 Å². The van der Waals surface area contributed by atoms with Crippen LogP contribution in [0.4, 0.5) is 10.6 Å². The summed E-state index contributed by atoms with van der Waals surface area (Å²) in [7, 11) is 0. The van der Waals surface area contributed by atoms with E-state index in [1.165, 1.54) is 0 Å². The van der Waals surface area contributed by atoms with Crippen LogP contribution in [0.1, 0.15) is 18.4 Å². The molecule has 1 fully saturated rings. The normalized spacial score (nSPS) is 14.6. The summed E-state index contributed by atoms with van der Waals surface area (Å²) in [5, 5.41) is 14.3. The van der Waals surface area contributed by atoms with Crippen molar-refractivity contribution >= 4 is 11.8 Å². The van der Waals surface area contributed by atoms with E-state index in [2.05, 4.69) is 30.8 Å². The highest BCUT2D eigenvalue weighted by Crippen LogP contribution is 2.15. The first-order valence-electron chi connectivity index (χ1n) is 9.28. The maximum atomic E-state index is 12.5. The zero-order chi connectivity index (χ0) is 19.2. The van der Waals surface area contributed by atoms with Gasteiger partial charge < -0.3 is 15.5 Å². The van der Waals surface area contributed by atoms with Crippen LogP contribution in [0.15, 0.2) is 55.4 Å². The van der Waals surface area contributed by atoms with Crippen molar-refractivity contribution in [1.29, 1.82) is 0 Å². The molecule has 9 heteroatoms. The van der Waals surface area contributed by atoms with E-state index >= 15 is 0 Å². The summed E-state index contributed by atoms with van der Waals surface area (Å²) >= 11 is 0. The van der Waals surface area contributed by atoms with Crippen LogP contribution < -0.4 is 10.6 Å². The largest absolute Gasteiger partial charge is 0.366 e. The van der Waals surface area contributed by atoms with Crippen LogP contribution in [0, 0.1) is 0 Å². The minimum atomic E-state index is -0.0426. The molecule has 0 radical (unpaired) electrons. The van der Waals surface area contributed by atoms with E-state index in [1.807, 2.05) is 39.9 Å². The first kappa shape index (κ1) is 17.9. The lowest BCUT2D eigenvalue weighted by Gasteiger charge is -2.32. The fourth-order valence-electron chi connectivity index (χ4n) is 3.21. The van der Waals surface area contributed by atoms with Gasteiger partial charge in [-0.3, -0.25) is 4.57 Å². The Labute approximate surface area is 162 Å². The molecule has 9 nitrogen and oxygen atoms in total. The monoisotopic (exact) mass is 378 g/mol. The minimum Gasteiger partial charge on any atom is -0.366 e. The second-order valence-corrected chi connectivity index (χ2v) is 6.67. The Morgan fingerprint density at radius 2 is 2.07 bits per heavy atom. The lowest BCUT2D eigenvalue weighted by molar-refractivity contribution is 0.183. The molecule has 1 aliphatic heterocycles. The van der Waals surface area contributed by atoms with E-state index in [0.717, 1.165) is 30.0 Å². The molecule has 4 rings (SSSR count). The van der Waals surface area contributed by atoms with Crippen molar-refractivity contribution < 1.29 is 4.79 Å². The Kier molecular flexibility index (Phi) is 5.41. The molecule has 0 aliphatic carbocycles. The number of carbonyl (C=O) groups is 1. The van der Waals surface area contributed by atoms with E-state index < -0.39 is 0 Å². The van der Waals surface area contributed by atoms with E-state index in [9.17, 15) is 4.79 Å². The van der Waals surface area contributed by atoms with E-state index in [0.29, 0.717) is 25.7 Å². The number of pyridine rings is 1. The maximum Gasteiger partial charge on any atom is 0.317 e. The zero-order valence-corrected chi connectivity index (χ0v) is 15.4. The molecular formula is C19H22N8O. The predicted octanol–water partition coefficient (Wildman–Crippen LogP) is 1.84. The van der Waals surface area contributed by atoms with Gasteiger partial charge in [-0.15, -0.1) is 5.10 Å². The smallest absolute Gasteiger partial charge is 0.317 e. The molecular weight excluding hydrogens is 356 g/mol. The number of likely N-dealkylation sites (tertiary alicyclic amines) is 1. The average molecular weight is 378 g/mol. The number of aromatic nitrogens is 5. The highest BCUT2D eigenvalue weighted by molar-refractivity contribution is 5.74. The van der Waals surface area contributed by atoms with Gasteiger partial charge in [-0.2, -0.15) is 5.10 Å². The van der Waals surface area contributed by atoms with Crippen molar-refractivity contribution in [1.82, 2.24) is 34.9 Å². The summed E-state index contributed by atoms with van der Waals surface area (Å²) in [4.78, 5) is 22.7. The minimum absolute atomic E-state index is 0.0426. The van der Waals surface area contributed by atoms with Crippen molar-refractivity contribution in [3.63, 3.8) is 0 Å². The summed E-state index contributed by atoms with van der Waals surface area (Å²) in [6.07, 6.45) is 10.4. The van der Waals surface area contributed by atoms with Gasteiger partial charge in [-0.25, -0.2) is 14.8 Å². The third-order valence-corrected chi connectivity index (χ3v) is 4.73. The number of hydrogen-bond donors (Lipinski definition) is 2. The Balaban J connectivity index is 1.25.